The molecule has 1 aromatic rings. The molecule has 1 N–H and O–H groups in total. The van der Waals surface area contributed by atoms with Crippen molar-refractivity contribution in [3.05, 3.63) is 52.1 Å². The Hall–Kier alpha value is -1.33. The first-order chi connectivity index (χ1) is 17.6. The lowest BCUT2D eigenvalue weighted by Crippen LogP contribution is -2.41. The molecule has 4 atom stereocenters. The predicted molar refractivity (Wildman–Crippen MR) is 144 cm³/mol. The molecule has 1 fully saturated rings. The SMILES string of the molecule is COc1ccccc1CC1CCC(CCCCCOC2CC3OC(O)C4=C(CCC4)C3C=C2Cl)CC1. The van der Waals surface area contributed by atoms with Crippen LogP contribution in [0.5, 0.6) is 5.75 Å². The zero-order valence-electron chi connectivity index (χ0n) is 21.8. The summed E-state index contributed by atoms with van der Waals surface area (Å²) in [6, 6.07) is 8.48. The van der Waals surface area contributed by atoms with Gasteiger partial charge in [0, 0.05) is 24.0 Å². The van der Waals surface area contributed by atoms with Crippen LogP contribution in [0.1, 0.15) is 82.6 Å². The van der Waals surface area contributed by atoms with E-state index in [0.29, 0.717) is 0 Å². The van der Waals surface area contributed by atoms with Crippen LogP contribution < -0.4 is 4.74 Å². The summed E-state index contributed by atoms with van der Waals surface area (Å²) in [5.41, 5.74) is 3.82. The molecular formula is C31H43ClO4. The minimum Gasteiger partial charge on any atom is -0.496 e. The van der Waals surface area contributed by atoms with Crippen molar-refractivity contribution in [3.63, 3.8) is 0 Å². The number of fused-ring (bicyclic) bond motifs is 2. The molecule has 0 bridgehead atoms. The first kappa shape index (κ1) is 26.3. The number of para-hydroxylation sites is 1. The fraction of sp³-hybridized carbons (Fsp3) is 0.677. The second-order valence-electron chi connectivity index (χ2n) is 11.4. The van der Waals surface area contributed by atoms with Crippen LogP contribution in [0.3, 0.4) is 0 Å². The third kappa shape index (κ3) is 6.20. The smallest absolute Gasteiger partial charge is 0.177 e. The molecule has 5 rings (SSSR count). The largest absolute Gasteiger partial charge is 0.496 e. The van der Waals surface area contributed by atoms with Gasteiger partial charge >= 0.3 is 0 Å². The monoisotopic (exact) mass is 514 g/mol. The summed E-state index contributed by atoms with van der Waals surface area (Å²) in [7, 11) is 1.77. The van der Waals surface area contributed by atoms with Gasteiger partial charge in [-0.25, -0.2) is 0 Å². The maximum atomic E-state index is 10.4. The third-order valence-electron chi connectivity index (χ3n) is 9.05. The van der Waals surface area contributed by atoms with Gasteiger partial charge in [0.15, 0.2) is 6.29 Å². The van der Waals surface area contributed by atoms with Crippen LogP contribution in [-0.4, -0.2) is 37.3 Å². The van der Waals surface area contributed by atoms with E-state index in [-0.39, 0.29) is 18.1 Å². The first-order valence-corrected chi connectivity index (χ1v) is 14.7. The summed E-state index contributed by atoms with van der Waals surface area (Å²) < 4.78 is 17.7. The normalized spacial score (nSPS) is 32.1. The molecule has 1 heterocycles. The molecule has 4 unspecified atom stereocenters. The van der Waals surface area contributed by atoms with E-state index < -0.39 is 6.29 Å². The topological polar surface area (TPSA) is 47.9 Å². The molecular weight excluding hydrogens is 472 g/mol. The number of rotatable bonds is 10. The van der Waals surface area contributed by atoms with Crippen LogP contribution in [0.15, 0.2) is 46.5 Å². The average Bonchev–Trinajstić information content (AvgIpc) is 3.39. The maximum Gasteiger partial charge on any atom is 0.177 e. The van der Waals surface area contributed by atoms with Crippen molar-refractivity contribution in [3.8, 4) is 5.75 Å². The molecule has 1 saturated carbocycles. The van der Waals surface area contributed by atoms with Gasteiger partial charge < -0.3 is 19.3 Å². The van der Waals surface area contributed by atoms with E-state index in [0.717, 1.165) is 73.3 Å². The van der Waals surface area contributed by atoms with Crippen molar-refractivity contribution >= 4 is 11.6 Å². The van der Waals surface area contributed by atoms with E-state index >= 15 is 0 Å². The van der Waals surface area contributed by atoms with Crippen molar-refractivity contribution in [1.29, 1.82) is 0 Å². The zero-order valence-corrected chi connectivity index (χ0v) is 22.6. The fourth-order valence-electron chi connectivity index (χ4n) is 7.01. The standard InChI is InChI=1S/C31H43ClO4/c1-34-28-12-5-4-9-23(28)18-22-15-13-21(14-16-22)8-3-2-6-17-35-30-20-29-26(19-27(30)32)24-10-7-11-25(24)31(33)36-29/h4-5,9,12,19,21-22,26,29-31,33H,2-3,6-8,10-11,13-18,20H2,1H3. The Kier molecular flexibility index (Phi) is 9.11. The number of halogens is 1. The van der Waals surface area contributed by atoms with Gasteiger partial charge in [-0.3, -0.25) is 0 Å². The molecule has 3 aliphatic carbocycles. The number of hydrogen-bond acceptors (Lipinski definition) is 4. The molecule has 36 heavy (non-hydrogen) atoms. The number of benzene rings is 1. The van der Waals surface area contributed by atoms with Gasteiger partial charge in [0.1, 0.15) is 5.75 Å². The number of ether oxygens (including phenoxy) is 3. The van der Waals surface area contributed by atoms with Gasteiger partial charge in [0.2, 0.25) is 0 Å². The molecule has 0 spiro atoms. The van der Waals surface area contributed by atoms with Crippen LogP contribution in [0.25, 0.3) is 0 Å². The van der Waals surface area contributed by atoms with E-state index in [1.807, 2.05) is 0 Å². The highest BCUT2D eigenvalue weighted by Crippen LogP contribution is 2.45. The molecule has 198 valence electrons. The third-order valence-corrected chi connectivity index (χ3v) is 9.41. The summed E-state index contributed by atoms with van der Waals surface area (Å²) in [6.45, 7) is 0.744. The Morgan fingerprint density at radius 1 is 1.00 bits per heavy atom. The van der Waals surface area contributed by atoms with Gasteiger partial charge in [-0.1, -0.05) is 73.6 Å². The van der Waals surface area contributed by atoms with Crippen molar-refractivity contribution in [2.75, 3.05) is 13.7 Å². The van der Waals surface area contributed by atoms with Crippen molar-refractivity contribution in [2.24, 2.45) is 17.8 Å². The average molecular weight is 515 g/mol. The molecule has 0 saturated heterocycles. The summed E-state index contributed by atoms with van der Waals surface area (Å²) in [5.74, 6) is 2.95. The van der Waals surface area contributed by atoms with E-state index in [4.69, 9.17) is 25.8 Å². The number of aliphatic hydroxyl groups excluding tert-OH is 1. The molecule has 1 aromatic carbocycles. The van der Waals surface area contributed by atoms with E-state index in [1.165, 1.54) is 56.1 Å². The summed E-state index contributed by atoms with van der Waals surface area (Å²) in [4.78, 5) is 0. The molecule has 0 aromatic heterocycles. The number of unbranched alkanes of at least 4 members (excludes halogenated alkanes) is 2. The van der Waals surface area contributed by atoms with E-state index in [1.54, 1.807) is 7.11 Å². The minimum atomic E-state index is -0.731. The Morgan fingerprint density at radius 2 is 1.78 bits per heavy atom. The van der Waals surface area contributed by atoms with Crippen LogP contribution in [-0.2, 0) is 15.9 Å². The Bertz CT molecular complexity index is 932. The van der Waals surface area contributed by atoms with Gasteiger partial charge in [0.25, 0.3) is 0 Å². The second-order valence-corrected chi connectivity index (χ2v) is 11.8. The predicted octanol–water partition coefficient (Wildman–Crippen LogP) is 7.33. The molecule has 4 nitrogen and oxygen atoms in total. The van der Waals surface area contributed by atoms with Crippen LogP contribution in [0, 0.1) is 17.8 Å². The molecule has 5 heteroatoms. The summed E-state index contributed by atoms with van der Waals surface area (Å²) in [6.07, 6.45) is 16.7. The van der Waals surface area contributed by atoms with Gasteiger partial charge in [-0.05, 0) is 74.0 Å². The number of methoxy groups -OCH3 is 1. The Labute approximate surface area is 222 Å². The fourth-order valence-corrected chi connectivity index (χ4v) is 7.30. The van der Waals surface area contributed by atoms with Gasteiger partial charge in [-0.15, -0.1) is 0 Å². The van der Waals surface area contributed by atoms with Crippen LogP contribution in [0.2, 0.25) is 0 Å². The summed E-state index contributed by atoms with van der Waals surface area (Å²) >= 11 is 6.64. The highest BCUT2D eigenvalue weighted by molar-refractivity contribution is 6.30. The highest BCUT2D eigenvalue weighted by Gasteiger charge is 2.42. The van der Waals surface area contributed by atoms with Crippen LogP contribution >= 0.6 is 11.6 Å². The van der Waals surface area contributed by atoms with Crippen molar-refractivity contribution in [1.82, 2.24) is 0 Å². The number of aliphatic hydroxyl groups is 1. The quantitative estimate of drug-likeness (QED) is 0.262. The molecule has 1 aliphatic heterocycles. The first-order valence-electron chi connectivity index (χ1n) is 14.3. The van der Waals surface area contributed by atoms with Gasteiger partial charge in [-0.2, -0.15) is 0 Å². The Morgan fingerprint density at radius 3 is 2.61 bits per heavy atom. The highest BCUT2D eigenvalue weighted by atomic mass is 35.5. The minimum absolute atomic E-state index is 0.0116. The lowest BCUT2D eigenvalue weighted by Gasteiger charge is -2.39. The lowest BCUT2D eigenvalue weighted by molar-refractivity contribution is -0.145. The maximum absolute atomic E-state index is 10.4. The number of hydrogen-bond donors (Lipinski definition) is 1. The summed E-state index contributed by atoms with van der Waals surface area (Å²) in [5, 5.41) is 11.2. The van der Waals surface area contributed by atoms with Crippen molar-refractivity contribution < 1.29 is 19.3 Å². The molecule has 4 aliphatic rings. The second kappa shape index (κ2) is 12.5. The lowest BCUT2D eigenvalue weighted by atomic mass is 9.77. The van der Waals surface area contributed by atoms with E-state index in [2.05, 4.69) is 30.3 Å². The van der Waals surface area contributed by atoms with Crippen LogP contribution in [0.4, 0.5) is 0 Å². The van der Waals surface area contributed by atoms with E-state index in [9.17, 15) is 5.11 Å². The molecule has 0 amide bonds. The zero-order chi connectivity index (χ0) is 24.9. The Balaban J connectivity index is 0.968. The van der Waals surface area contributed by atoms with Crippen molar-refractivity contribution in [2.45, 2.75) is 102 Å². The van der Waals surface area contributed by atoms with Gasteiger partial charge in [0.05, 0.1) is 19.3 Å². The molecule has 0 radical (unpaired) electrons.